The van der Waals surface area contributed by atoms with Gasteiger partial charge in [0.15, 0.2) is 0 Å². The van der Waals surface area contributed by atoms with Crippen molar-refractivity contribution in [1.82, 2.24) is 10.2 Å². The van der Waals surface area contributed by atoms with E-state index in [1.807, 2.05) is 24.3 Å². The van der Waals surface area contributed by atoms with E-state index in [4.69, 9.17) is 0 Å². The van der Waals surface area contributed by atoms with Crippen molar-refractivity contribution in [3.63, 3.8) is 0 Å². The summed E-state index contributed by atoms with van der Waals surface area (Å²) in [7, 11) is 3.53. The molecule has 0 aliphatic heterocycles. The average Bonchev–Trinajstić information content (AvgIpc) is 2.24. The highest BCUT2D eigenvalue weighted by atomic mass is 16.2. The lowest BCUT2D eigenvalue weighted by molar-refractivity contribution is 0.0827. The second-order valence-corrected chi connectivity index (χ2v) is 5.50. The Balaban J connectivity index is 2.76. The van der Waals surface area contributed by atoms with E-state index < -0.39 is 0 Å². The minimum absolute atomic E-state index is 0.0441. The summed E-state index contributed by atoms with van der Waals surface area (Å²) in [4.78, 5) is 13.4. The first-order valence-electron chi connectivity index (χ1n) is 5.85. The summed E-state index contributed by atoms with van der Waals surface area (Å²) in [6, 6.07) is 7.76. The number of hydrogen-bond donors (Lipinski definition) is 1. The Morgan fingerprint density at radius 1 is 1.29 bits per heavy atom. The molecule has 3 nitrogen and oxygen atoms in total. The molecule has 1 aromatic carbocycles. The molecule has 0 heterocycles. The normalized spacial score (nSPS) is 11.4. The van der Waals surface area contributed by atoms with Gasteiger partial charge in [0.05, 0.1) is 0 Å². The first-order valence-corrected chi connectivity index (χ1v) is 5.85. The zero-order valence-electron chi connectivity index (χ0n) is 11.4. The molecule has 0 radical (unpaired) electrons. The molecule has 0 fully saturated rings. The molecule has 0 aromatic heterocycles. The fraction of sp³-hybridized carbons (Fsp3) is 0.500. The van der Waals surface area contributed by atoms with Gasteiger partial charge in [-0.15, -0.1) is 0 Å². The first-order chi connectivity index (χ1) is 7.79. The molecular weight excluding hydrogens is 212 g/mol. The number of hydrogen-bond acceptors (Lipinski definition) is 2. The number of nitrogens with zero attached hydrogens (tertiary/aromatic N) is 1. The molecule has 0 saturated heterocycles. The van der Waals surface area contributed by atoms with Crippen LogP contribution in [0.4, 0.5) is 0 Å². The molecule has 3 heteroatoms. The summed E-state index contributed by atoms with van der Waals surface area (Å²) >= 11 is 0. The third-order valence-electron chi connectivity index (χ3n) is 2.40. The monoisotopic (exact) mass is 234 g/mol. The highest BCUT2D eigenvalue weighted by Gasteiger charge is 2.10. The molecule has 0 atom stereocenters. The van der Waals surface area contributed by atoms with E-state index in [-0.39, 0.29) is 11.4 Å². The number of nitrogens with one attached hydrogen (secondary N) is 1. The Bertz CT molecular complexity index is 391. The minimum atomic E-state index is 0.0441. The van der Waals surface area contributed by atoms with E-state index in [2.05, 4.69) is 26.1 Å². The van der Waals surface area contributed by atoms with Crippen LogP contribution in [0.3, 0.4) is 0 Å². The number of amides is 1. The van der Waals surface area contributed by atoms with Crippen LogP contribution >= 0.6 is 0 Å². The molecule has 1 aromatic rings. The van der Waals surface area contributed by atoms with Crippen molar-refractivity contribution >= 4 is 5.91 Å². The van der Waals surface area contributed by atoms with Crippen LogP contribution in [0.1, 0.15) is 36.7 Å². The Morgan fingerprint density at radius 2 is 1.94 bits per heavy atom. The maximum atomic E-state index is 11.8. The molecule has 0 aliphatic carbocycles. The molecule has 0 unspecified atom stereocenters. The van der Waals surface area contributed by atoms with Gasteiger partial charge in [0, 0.05) is 31.7 Å². The molecule has 0 saturated carbocycles. The fourth-order valence-corrected chi connectivity index (χ4v) is 1.44. The van der Waals surface area contributed by atoms with Gasteiger partial charge in [-0.25, -0.2) is 0 Å². The average molecular weight is 234 g/mol. The van der Waals surface area contributed by atoms with Gasteiger partial charge in [-0.3, -0.25) is 4.79 Å². The maximum absolute atomic E-state index is 11.8. The molecule has 1 rings (SSSR count). The largest absolute Gasteiger partial charge is 0.345 e. The van der Waals surface area contributed by atoms with Crippen LogP contribution in [0, 0.1) is 0 Å². The van der Waals surface area contributed by atoms with Crippen LogP contribution in [0.5, 0.6) is 0 Å². The zero-order valence-corrected chi connectivity index (χ0v) is 11.4. The lowest BCUT2D eigenvalue weighted by Crippen LogP contribution is -2.35. The topological polar surface area (TPSA) is 32.3 Å². The Morgan fingerprint density at radius 3 is 2.47 bits per heavy atom. The summed E-state index contributed by atoms with van der Waals surface area (Å²) in [5.74, 6) is 0.0441. The van der Waals surface area contributed by atoms with Crippen LogP contribution in [-0.4, -0.2) is 30.4 Å². The van der Waals surface area contributed by atoms with Gasteiger partial charge >= 0.3 is 0 Å². The predicted molar refractivity (Wildman–Crippen MR) is 71.1 cm³/mol. The van der Waals surface area contributed by atoms with Gasteiger partial charge in [-0.1, -0.05) is 12.1 Å². The van der Waals surface area contributed by atoms with Gasteiger partial charge in [0.2, 0.25) is 0 Å². The second-order valence-electron chi connectivity index (χ2n) is 5.50. The SMILES string of the molecule is CN(C)C(=O)c1cccc(CNC(C)(C)C)c1. The Hall–Kier alpha value is -1.35. The van der Waals surface area contributed by atoms with Crippen molar-refractivity contribution < 1.29 is 4.79 Å². The van der Waals surface area contributed by atoms with Crippen molar-refractivity contribution in [2.24, 2.45) is 0 Å². The molecule has 0 aliphatic rings. The Labute approximate surface area is 104 Å². The van der Waals surface area contributed by atoms with E-state index in [1.54, 1.807) is 19.0 Å². The minimum Gasteiger partial charge on any atom is -0.345 e. The summed E-state index contributed by atoms with van der Waals surface area (Å²) < 4.78 is 0. The van der Waals surface area contributed by atoms with E-state index in [1.165, 1.54) is 0 Å². The molecule has 0 spiro atoms. The molecule has 1 amide bonds. The molecule has 1 N–H and O–H groups in total. The first kappa shape index (κ1) is 13.7. The quantitative estimate of drug-likeness (QED) is 0.870. The predicted octanol–water partition coefficient (Wildman–Crippen LogP) is 2.28. The number of rotatable bonds is 3. The number of benzene rings is 1. The molecular formula is C14H22N2O. The van der Waals surface area contributed by atoms with E-state index >= 15 is 0 Å². The van der Waals surface area contributed by atoms with Crippen molar-refractivity contribution in [1.29, 1.82) is 0 Å². The van der Waals surface area contributed by atoms with Gasteiger partial charge in [0.25, 0.3) is 5.91 Å². The van der Waals surface area contributed by atoms with Crippen molar-refractivity contribution in [2.45, 2.75) is 32.9 Å². The fourth-order valence-electron chi connectivity index (χ4n) is 1.44. The number of carbonyl (C=O) groups is 1. The van der Waals surface area contributed by atoms with Gasteiger partial charge in [-0.2, -0.15) is 0 Å². The molecule has 94 valence electrons. The maximum Gasteiger partial charge on any atom is 0.253 e. The van der Waals surface area contributed by atoms with Crippen molar-refractivity contribution in [2.75, 3.05) is 14.1 Å². The van der Waals surface area contributed by atoms with E-state index in [0.29, 0.717) is 0 Å². The summed E-state index contributed by atoms with van der Waals surface area (Å²) in [6.45, 7) is 7.16. The molecule has 17 heavy (non-hydrogen) atoms. The van der Waals surface area contributed by atoms with E-state index in [0.717, 1.165) is 17.7 Å². The van der Waals surface area contributed by atoms with Crippen molar-refractivity contribution in [3.8, 4) is 0 Å². The molecule has 0 bridgehead atoms. The smallest absolute Gasteiger partial charge is 0.253 e. The third-order valence-corrected chi connectivity index (χ3v) is 2.40. The second kappa shape index (κ2) is 5.32. The zero-order chi connectivity index (χ0) is 13.1. The third kappa shape index (κ3) is 4.57. The summed E-state index contributed by atoms with van der Waals surface area (Å²) in [5, 5.41) is 3.41. The van der Waals surface area contributed by atoms with Gasteiger partial charge in [-0.05, 0) is 38.5 Å². The Kier molecular flexibility index (Phi) is 4.29. The standard InChI is InChI=1S/C14H22N2O/c1-14(2,3)15-10-11-7-6-8-12(9-11)13(17)16(4)5/h6-9,15H,10H2,1-5H3. The summed E-state index contributed by atoms with van der Waals surface area (Å²) in [6.07, 6.45) is 0. The van der Waals surface area contributed by atoms with Crippen LogP contribution in [0.15, 0.2) is 24.3 Å². The highest BCUT2D eigenvalue weighted by molar-refractivity contribution is 5.94. The van der Waals surface area contributed by atoms with Crippen LogP contribution in [-0.2, 0) is 6.54 Å². The highest BCUT2D eigenvalue weighted by Crippen LogP contribution is 2.09. The van der Waals surface area contributed by atoms with Gasteiger partial charge < -0.3 is 10.2 Å². The van der Waals surface area contributed by atoms with Crippen LogP contribution in [0.2, 0.25) is 0 Å². The van der Waals surface area contributed by atoms with Gasteiger partial charge in [0.1, 0.15) is 0 Å². The van der Waals surface area contributed by atoms with E-state index in [9.17, 15) is 4.79 Å². The number of carbonyl (C=O) groups excluding carboxylic acids is 1. The van der Waals surface area contributed by atoms with Crippen LogP contribution in [0.25, 0.3) is 0 Å². The van der Waals surface area contributed by atoms with Crippen LogP contribution < -0.4 is 5.32 Å². The lowest BCUT2D eigenvalue weighted by atomic mass is 10.1. The summed E-state index contributed by atoms with van der Waals surface area (Å²) in [5.41, 5.74) is 1.96. The van der Waals surface area contributed by atoms with Crippen molar-refractivity contribution in [3.05, 3.63) is 35.4 Å². The lowest BCUT2D eigenvalue weighted by Gasteiger charge is -2.20.